The Labute approximate surface area is 126 Å². The number of aromatic nitrogens is 2. The second kappa shape index (κ2) is 6.66. The lowest BCUT2D eigenvalue weighted by molar-refractivity contribution is -0.120. The van der Waals surface area contributed by atoms with Crippen molar-refractivity contribution >= 4 is 12.1 Å². The van der Waals surface area contributed by atoms with Crippen LogP contribution in [0.15, 0.2) is 34.2 Å². The highest BCUT2D eigenvalue weighted by molar-refractivity contribution is 5.83. The minimum absolute atomic E-state index is 0.0959. The lowest BCUT2D eigenvalue weighted by atomic mass is 10.1. The van der Waals surface area contributed by atoms with E-state index in [2.05, 4.69) is 20.5 Å². The van der Waals surface area contributed by atoms with E-state index in [4.69, 9.17) is 5.11 Å². The molecule has 0 unspecified atom stereocenters. The Hall–Kier alpha value is -2.96. The Morgan fingerprint density at radius 2 is 2.05 bits per heavy atom. The van der Waals surface area contributed by atoms with Crippen molar-refractivity contribution in [3.8, 4) is 5.75 Å². The van der Waals surface area contributed by atoms with Crippen LogP contribution in [0.5, 0.6) is 5.75 Å². The number of hydrogen-bond donors (Lipinski definition) is 3. The Morgan fingerprint density at radius 1 is 1.36 bits per heavy atom. The van der Waals surface area contributed by atoms with Crippen molar-refractivity contribution in [1.29, 1.82) is 0 Å². The van der Waals surface area contributed by atoms with Gasteiger partial charge in [-0.05, 0) is 43.7 Å². The molecule has 22 heavy (non-hydrogen) atoms. The van der Waals surface area contributed by atoms with E-state index in [1.807, 2.05) is 0 Å². The molecule has 1 aromatic heterocycles. The highest BCUT2D eigenvalue weighted by atomic mass is 16.3. The van der Waals surface area contributed by atoms with Crippen molar-refractivity contribution in [3.63, 3.8) is 0 Å². The van der Waals surface area contributed by atoms with Gasteiger partial charge in [0.1, 0.15) is 11.6 Å². The number of nitrogens with one attached hydrogen (secondary N) is 2. The van der Waals surface area contributed by atoms with Gasteiger partial charge in [0.15, 0.2) is 0 Å². The number of hydrogen-bond acceptors (Lipinski definition) is 5. The van der Waals surface area contributed by atoms with Crippen LogP contribution in [0.1, 0.15) is 22.6 Å². The van der Waals surface area contributed by atoms with Gasteiger partial charge in [0, 0.05) is 11.3 Å². The fraction of sp³-hybridized carbons (Fsp3) is 0.200. The predicted octanol–water partition coefficient (Wildman–Crippen LogP) is 0.785. The second-order valence-electron chi connectivity index (χ2n) is 4.78. The first-order valence-corrected chi connectivity index (χ1v) is 6.63. The Kier molecular flexibility index (Phi) is 4.67. The molecule has 7 nitrogen and oxygen atoms in total. The second-order valence-corrected chi connectivity index (χ2v) is 4.78. The summed E-state index contributed by atoms with van der Waals surface area (Å²) in [6.07, 6.45) is 1.35. The molecule has 0 aliphatic rings. The number of carbonyl (C=O) groups excluding carboxylic acids is 1. The van der Waals surface area contributed by atoms with Crippen molar-refractivity contribution in [2.75, 3.05) is 0 Å². The molecular formula is C15H16N4O3. The maximum absolute atomic E-state index is 11.8. The summed E-state index contributed by atoms with van der Waals surface area (Å²) < 4.78 is 0. The molecule has 0 bridgehead atoms. The molecule has 0 aliphatic carbocycles. The third-order valence-electron chi connectivity index (χ3n) is 2.97. The normalized spacial score (nSPS) is 10.8. The number of phenols is 1. The molecule has 0 radical (unpaired) electrons. The number of amides is 1. The molecule has 114 valence electrons. The van der Waals surface area contributed by atoms with Crippen LogP contribution in [0, 0.1) is 13.8 Å². The Bertz CT molecular complexity index is 763. The van der Waals surface area contributed by atoms with Gasteiger partial charge < -0.3 is 10.1 Å². The van der Waals surface area contributed by atoms with E-state index in [1.54, 1.807) is 26.0 Å². The van der Waals surface area contributed by atoms with Gasteiger partial charge in [-0.15, -0.1) is 0 Å². The van der Waals surface area contributed by atoms with E-state index in [9.17, 15) is 9.59 Å². The van der Waals surface area contributed by atoms with Gasteiger partial charge in [-0.1, -0.05) is 0 Å². The predicted molar refractivity (Wildman–Crippen MR) is 81.9 cm³/mol. The average molecular weight is 300 g/mol. The highest BCUT2D eigenvalue weighted by Gasteiger charge is 2.11. The zero-order chi connectivity index (χ0) is 16.1. The van der Waals surface area contributed by atoms with E-state index in [0.29, 0.717) is 17.1 Å². The number of rotatable bonds is 4. The SMILES string of the molecule is Cc1nc(C)c(CC(=O)N/N=C\c2ccc(O)cc2)c(=O)[nH]1. The van der Waals surface area contributed by atoms with Gasteiger partial charge in [0.05, 0.1) is 12.6 Å². The molecule has 2 rings (SSSR count). The van der Waals surface area contributed by atoms with Crippen LogP contribution in [0.2, 0.25) is 0 Å². The van der Waals surface area contributed by atoms with Crippen LogP contribution in [-0.2, 0) is 11.2 Å². The number of H-pyrrole nitrogens is 1. The molecule has 2 aromatic rings. The zero-order valence-electron chi connectivity index (χ0n) is 12.3. The number of aryl methyl sites for hydroxylation is 2. The van der Waals surface area contributed by atoms with E-state index in [0.717, 1.165) is 5.56 Å². The number of nitrogens with zero attached hydrogens (tertiary/aromatic N) is 2. The first-order valence-electron chi connectivity index (χ1n) is 6.63. The number of benzene rings is 1. The topological polar surface area (TPSA) is 107 Å². The largest absolute Gasteiger partial charge is 0.508 e. The molecule has 0 fully saturated rings. The highest BCUT2D eigenvalue weighted by Crippen LogP contribution is 2.07. The lowest BCUT2D eigenvalue weighted by Crippen LogP contribution is -2.26. The van der Waals surface area contributed by atoms with Crippen LogP contribution in [-0.4, -0.2) is 27.2 Å². The maximum Gasteiger partial charge on any atom is 0.254 e. The summed E-state index contributed by atoms with van der Waals surface area (Å²) in [4.78, 5) is 30.3. The number of aromatic amines is 1. The zero-order valence-corrected chi connectivity index (χ0v) is 12.3. The fourth-order valence-corrected chi connectivity index (χ4v) is 1.90. The number of hydrazone groups is 1. The van der Waals surface area contributed by atoms with Gasteiger partial charge >= 0.3 is 0 Å². The maximum atomic E-state index is 11.8. The molecule has 0 spiro atoms. The van der Waals surface area contributed by atoms with Crippen LogP contribution < -0.4 is 11.0 Å². The molecule has 1 heterocycles. The Balaban J connectivity index is 1.99. The molecule has 1 aromatic carbocycles. The molecular weight excluding hydrogens is 284 g/mol. The molecule has 3 N–H and O–H groups in total. The molecule has 0 atom stereocenters. The lowest BCUT2D eigenvalue weighted by Gasteiger charge is -2.04. The third-order valence-corrected chi connectivity index (χ3v) is 2.97. The summed E-state index contributed by atoms with van der Waals surface area (Å²) in [6.45, 7) is 3.37. The summed E-state index contributed by atoms with van der Waals surface area (Å²) in [6, 6.07) is 6.35. The summed E-state index contributed by atoms with van der Waals surface area (Å²) >= 11 is 0. The van der Waals surface area contributed by atoms with Gasteiger partial charge in [-0.3, -0.25) is 9.59 Å². The molecule has 0 saturated carbocycles. The molecule has 0 aliphatic heterocycles. The van der Waals surface area contributed by atoms with Crippen molar-refractivity contribution in [2.45, 2.75) is 20.3 Å². The summed E-state index contributed by atoms with van der Waals surface area (Å²) in [5.74, 6) is 0.258. The van der Waals surface area contributed by atoms with E-state index < -0.39 is 5.91 Å². The summed E-state index contributed by atoms with van der Waals surface area (Å²) in [5.41, 5.74) is 3.61. The van der Waals surface area contributed by atoms with Gasteiger partial charge in [-0.25, -0.2) is 10.4 Å². The average Bonchev–Trinajstić information content (AvgIpc) is 2.45. The molecule has 0 saturated heterocycles. The third kappa shape index (κ3) is 4.02. The van der Waals surface area contributed by atoms with Crippen LogP contribution in [0.4, 0.5) is 0 Å². The summed E-state index contributed by atoms with van der Waals surface area (Å²) in [5, 5.41) is 13.0. The van der Waals surface area contributed by atoms with Gasteiger partial charge in [-0.2, -0.15) is 5.10 Å². The van der Waals surface area contributed by atoms with Crippen molar-refractivity contribution < 1.29 is 9.90 Å². The van der Waals surface area contributed by atoms with E-state index >= 15 is 0 Å². The first kappa shape index (κ1) is 15.4. The fourth-order valence-electron chi connectivity index (χ4n) is 1.90. The van der Waals surface area contributed by atoms with Crippen molar-refractivity contribution in [2.24, 2.45) is 5.10 Å². The van der Waals surface area contributed by atoms with Crippen molar-refractivity contribution in [1.82, 2.24) is 15.4 Å². The van der Waals surface area contributed by atoms with Crippen LogP contribution in [0.25, 0.3) is 0 Å². The van der Waals surface area contributed by atoms with Crippen LogP contribution in [0.3, 0.4) is 0 Å². The van der Waals surface area contributed by atoms with Crippen molar-refractivity contribution in [3.05, 3.63) is 57.3 Å². The summed E-state index contributed by atoms with van der Waals surface area (Å²) in [7, 11) is 0. The minimum atomic E-state index is -0.408. The van der Waals surface area contributed by atoms with Gasteiger partial charge in [0.25, 0.3) is 5.56 Å². The monoisotopic (exact) mass is 300 g/mol. The number of phenolic OH excluding ortho intramolecular Hbond substituents is 1. The van der Waals surface area contributed by atoms with E-state index in [1.165, 1.54) is 18.3 Å². The van der Waals surface area contributed by atoms with Crippen LogP contribution >= 0.6 is 0 Å². The molecule has 1 amide bonds. The van der Waals surface area contributed by atoms with E-state index in [-0.39, 0.29) is 17.7 Å². The first-order chi connectivity index (χ1) is 10.5. The smallest absolute Gasteiger partial charge is 0.254 e. The number of carbonyl (C=O) groups is 1. The quantitative estimate of drug-likeness (QED) is 0.573. The standard InChI is InChI=1S/C15H16N4O3/c1-9-13(15(22)18-10(2)17-9)7-14(21)19-16-8-11-3-5-12(20)6-4-11/h3-6,8,20H,7H2,1-2H3,(H,19,21)(H,17,18,22)/b16-8-. The molecule has 7 heteroatoms. The number of aromatic hydroxyl groups is 1. The minimum Gasteiger partial charge on any atom is -0.508 e. The Morgan fingerprint density at radius 3 is 2.68 bits per heavy atom. The van der Waals surface area contributed by atoms with Gasteiger partial charge in [0.2, 0.25) is 5.91 Å².